The molecule has 3 aromatic rings. The summed E-state index contributed by atoms with van der Waals surface area (Å²) in [5.74, 6) is 0. The molecule has 0 radical (unpaired) electrons. The molecule has 1 saturated heterocycles. The highest BCUT2D eigenvalue weighted by Crippen LogP contribution is 2.16. The highest BCUT2D eigenvalue weighted by atomic mass is 15.5. The van der Waals surface area contributed by atoms with Crippen LogP contribution >= 0.6 is 0 Å². The van der Waals surface area contributed by atoms with Gasteiger partial charge >= 0.3 is 0 Å². The van der Waals surface area contributed by atoms with E-state index in [-0.39, 0.29) is 0 Å². The molecule has 27 heavy (non-hydrogen) atoms. The van der Waals surface area contributed by atoms with Gasteiger partial charge in [-0.25, -0.2) is 0 Å². The minimum atomic E-state index is 1.02. The van der Waals surface area contributed by atoms with E-state index in [9.17, 15) is 0 Å². The maximum Gasteiger partial charge on any atom is 0.103 e. The number of piperazine rings is 1. The van der Waals surface area contributed by atoms with Gasteiger partial charge in [-0.15, -0.1) is 0 Å². The summed E-state index contributed by atoms with van der Waals surface area (Å²) in [5, 5.41) is 9.70. The van der Waals surface area contributed by atoms with Gasteiger partial charge < -0.3 is 4.90 Å². The van der Waals surface area contributed by atoms with Gasteiger partial charge in [-0.1, -0.05) is 66.2 Å². The lowest BCUT2D eigenvalue weighted by molar-refractivity contribution is -0.918. The Hall–Kier alpha value is -2.65. The van der Waals surface area contributed by atoms with Crippen LogP contribution in [0.4, 0.5) is 0 Å². The van der Waals surface area contributed by atoms with E-state index in [2.05, 4.69) is 85.6 Å². The molecule has 0 spiro atoms. The second kappa shape index (κ2) is 7.93. The third kappa shape index (κ3) is 4.37. The third-order valence-electron chi connectivity index (χ3n) is 5.48. The highest BCUT2D eigenvalue weighted by molar-refractivity contribution is 6.01. The zero-order valence-electron chi connectivity index (χ0n) is 16.3. The van der Waals surface area contributed by atoms with Crippen LogP contribution in [0.15, 0.2) is 71.8 Å². The van der Waals surface area contributed by atoms with Crippen LogP contribution in [0.25, 0.3) is 10.8 Å². The Kier molecular flexibility index (Phi) is 5.21. The fraction of sp³-hybridized carbons (Fsp3) is 0.292. The number of quaternary nitrogens is 1. The zero-order chi connectivity index (χ0) is 18.6. The van der Waals surface area contributed by atoms with Crippen molar-refractivity contribution in [2.24, 2.45) is 5.10 Å². The summed E-state index contributed by atoms with van der Waals surface area (Å²) in [6, 6.07) is 24.1. The molecule has 4 rings (SSSR count). The average Bonchev–Trinajstić information content (AvgIpc) is 2.71. The maximum atomic E-state index is 4.90. The largest absolute Gasteiger partial charge is 0.328 e. The normalized spacial score (nSPS) is 16.1. The van der Waals surface area contributed by atoms with Gasteiger partial charge in [0.05, 0.1) is 31.9 Å². The van der Waals surface area contributed by atoms with Gasteiger partial charge in [-0.05, 0) is 36.2 Å². The van der Waals surface area contributed by atoms with Crippen molar-refractivity contribution in [2.75, 3.05) is 26.2 Å². The van der Waals surface area contributed by atoms with Gasteiger partial charge in [0.1, 0.15) is 6.54 Å². The predicted molar refractivity (Wildman–Crippen MR) is 113 cm³/mol. The average molecular weight is 359 g/mol. The van der Waals surface area contributed by atoms with Crippen molar-refractivity contribution in [1.29, 1.82) is 0 Å². The topological polar surface area (TPSA) is 20.0 Å². The summed E-state index contributed by atoms with van der Waals surface area (Å²) >= 11 is 0. The molecule has 0 aromatic heterocycles. The Labute approximate surface area is 161 Å². The summed E-state index contributed by atoms with van der Waals surface area (Å²) in [5.41, 5.74) is 5.07. The fourth-order valence-corrected chi connectivity index (χ4v) is 3.77. The number of rotatable bonds is 4. The molecular weight excluding hydrogens is 330 g/mol. The smallest absolute Gasteiger partial charge is 0.103 e. The monoisotopic (exact) mass is 358 g/mol. The van der Waals surface area contributed by atoms with E-state index >= 15 is 0 Å². The van der Waals surface area contributed by atoms with Gasteiger partial charge in [0.2, 0.25) is 0 Å². The van der Waals surface area contributed by atoms with Gasteiger partial charge in [-0.2, -0.15) is 5.10 Å². The van der Waals surface area contributed by atoms with Crippen LogP contribution in [0.5, 0.6) is 0 Å². The number of hydrogen-bond donors (Lipinski definition) is 1. The first kappa shape index (κ1) is 17.7. The molecule has 1 heterocycles. The molecule has 0 aliphatic carbocycles. The van der Waals surface area contributed by atoms with E-state index in [0.29, 0.717) is 0 Å². The van der Waals surface area contributed by atoms with Crippen molar-refractivity contribution in [3.8, 4) is 0 Å². The molecule has 3 nitrogen and oxygen atoms in total. The van der Waals surface area contributed by atoms with Crippen LogP contribution in [0.2, 0.25) is 0 Å². The van der Waals surface area contributed by atoms with Crippen LogP contribution in [0.1, 0.15) is 23.6 Å². The Morgan fingerprint density at radius 2 is 1.63 bits per heavy atom. The quantitative estimate of drug-likeness (QED) is 0.710. The number of fused-ring (bicyclic) bond motifs is 1. The molecule has 1 aliphatic heterocycles. The Morgan fingerprint density at radius 1 is 0.926 bits per heavy atom. The molecule has 0 bridgehead atoms. The Bertz CT molecular complexity index is 935. The molecule has 0 atom stereocenters. The van der Waals surface area contributed by atoms with E-state index in [4.69, 9.17) is 5.10 Å². The van der Waals surface area contributed by atoms with Crippen LogP contribution in [0, 0.1) is 6.92 Å². The number of benzene rings is 3. The van der Waals surface area contributed by atoms with Crippen LogP contribution < -0.4 is 4.90 Å². The van der Waals surface area contributed by atoms with E-state index in [1.54, 1.807) is 4.90 Å². The van der Waals surface area contributed by atoms with Crippen molar-refractivity contribution in [1.82, 2.24) is 5.01 Å². The minimum Gasteiger partial charge on any atom is -0.328 e. The van der Waals surface area contributed by atoms with Crippen molar-refractivity contribution in [3.05, 3.63) is 83.4 Å². The molecule has 0 unspecified atom stereocenters. The minimum absolute atomic E-state index is 1.02. The van der Waals surface area contributed by atoms with E-state index in [1.807, 2.05) is 0 Å². The molecular formula is C24H28N3+. The molecule has 1 fully saturated rings. The first-order chi connectivity index (χ1) is 13.2. The second-order valence-electron chi connectivity index (χ2n) is 7.61. The highest BCUT2D eigenvalue weighted by Gasteiger charge is 2.19. The summed E-state index contributed by atoms with van der Waals surface area (Å²) in [6.45, 7) is 9.70. The second-order valence-corrected chi connectivity index (χ2v) is 7.61. The van der Waals surface area contributed by atoms with Gasteiger partial charge in [0.25, 0.3) is 0 Å². The number of hydrogen-bond acceptors (Lipinski definition) is 2. The molecule has 138 valence electrons. The molecule has 3 aromatic carbocycles. The number of hydrazone groups is 1. The van der Waals surface area contributed by atoms with Crippen molar-refractivity contribution in [2.45, 2.75) is 20.4 Å². The van der Waals surface area contributed by atoms with E-state index in [0.717, 1.165) is 38.4 Å². The standard InChI is InChI=1S/C24H27N3/c1-19-7-9-21(10-8-19)18-26-13-15-27(16-14-26)25-20(2)23-12-11-22-5-3-4-6-24(22)17-23/h3-12,17H,13-16,18H2,1-2H3/p+1/b25-20+. The first-order valence-corrected chi connectivity index (χ1v) is 9.86. The van der Waals surface area contributed by atoms with Crippen molar-refractivity contribution >= 4 is 16.5 Å². The fourth-order valence-electron chi connectivity index (χ4n) is 3.77. The van der Waals surface area contributed by atoms with Gasteiger partial charge in [0, 0.05) is 5.56 Å². The lowest BCUT2D eigenvalue weighted by atomic mass is 10.0. The Balaban J connectivity index is 1.37. The first-order valence-electron chi connectivity index (χ1n) is 9.86. The SMILES string of the molecule is C/C(=N\N1CC[NH+](Cc2ccc(C)cc2)CC1)c1ccc2ccccc2c1. The summed E-state index contributed by atoms with van der Waals surface area (Å²) in [6.07, 6.45) is 0. The molecule has 0 amide bonds. The summed E-state index contributed by atoms with van der Waals surface area (Å²) in [4.78, 5) is 1.65. The lowest BCUT2D eigenvalue weighted by Gasteiger charge is -2.31. The van der Waals surface area contributed by atoms with Gasteiger partial charge in [-0.3, -0.25) is 5.01 Å². The van der Waals surface area contributed by atoms with E-state index in [1.165, 1.54) is 27.5 Å². The van der Waals surface area contributed by atoms with Crippen molar-refractivity contribution < 1.29 is 4.90 Å². The molecule has 1 aliphatic rings. The Morgan fingerprint density at radius 3 is 2.37 bits per heavy atom. The van der Waals surface area contributed by atoms with Crippen LogP contribution in [-0.2, 0) is 6.54 Å². The van der Waals surface area contributed by atoms with Crippen LogP contribution in [0.3, 0.4) is 0 Å². The predicted octanol–water partition coefficient (Wildman–Crippen LogP) is 3.27. The lowest BCUT2D eigenvalue weighted by Crippen LogP contribution is -3.13. The third-order valence-corrected chi connectivity index (χ3v) is 5.48. The van der Waals surface area contributed by atoms with Crippen LogP contribution in [-0.4, -0.2) is 36.9 Å². The number of nitrogens with zero attached hydrogens (tertiary/aromatic N) is 2. The molecule has 3 heteroatoms. The van der Waals surface area contributed by atoms with Gasteiger partial charge in [0.15, 0.2) is 0 Å². The summed E-state index contributed by atoms with van der Waals surface area (Å²) in [7, 11) is 0. The van der Waals surface area contributed by atoms with E-state index < -0.39 is 0 Å². The maximum absolute atomic E-state index is 4.90. The van der Waals surface area contributed by atoms with Crippen molar-refractivity contribution in [3.63, 3.8) is 0 Å². The molecule has 1 N–H and O–H groups in total. The number of aryl methyl sites for hydroxylation is 1. The molecule has 0 saturated carbocycles. The zero-order valence-corrected chi connectivity index (χ0v) is 16.3. The number of nitrogens with one attached hydrogen (secondary N) is 1. The summed E-state index contributed by atoms with van der Waals surface area (Å²) < 4.78 is 0.